The fourth-order valence-electron chi connectivity index (χ4n) is 2.19. The van der Waals surface area contributed by atoms with Gasteiger partial charge in [0.25, 0.3) is 0 Å². The molecule has 1 aromatic heterocycles. The smallest absolute Gasteiger partial charge is 0.0745 e. The summed E-state index contributed by atoms with van der Waals surface area (Å²) in [5.74, 6) is 0.608. The van der Waals surface area contributed by atoms with Crippen molar-refractivity contribution in [2.45, 2.75) is 44.6 Å². The first kappa shape index (κ1) is 10.1. The highest BCUT2D eigenvalue weighted by molar-refractivity contribution is 6.99. The lowest BCUT2D eigenvalue weighted by molar-refractivity contribution is 0.141. The van der Waals surface area contributed by atoms with Gasteiger partial charge in [0, 0.05) is 0 Å². The van der Waals surface area contributed by atoms with Gasteiger partial charge in [-0.1, -0.05) is 12.8 Å². The maximum Gasteiger partial charge on any atom is 0.0745 e. The van der Waals surface area contributed by atoms with Gasteiger partial charge in [0.2, 0.25) is 0 Å². The SMILES string of the molecule is OC1CCCCC(Cc2cnsn2)C1. The van der Waals surface area contributed by atoms with Crippen LogP contribution in [0.1, 0.15) is 37.8 Å². The number of hydrogen-bond acceptors (Lipinski definition) is 4. The highest BCUT2D eigenvalue weighted by Crippen LogP contribution is 2.25. The molecule has 0 saturated heterocycles. The Bertz CT molecular complexity index is 263. The first-order chi connectivity index (χ1) is 6.84. The van der Waals surface area contributed by atoms with Gasteiger partial charge in [-0.15, -0.1) is 0 Å². The van der Waals surface area contributed by atoms with Crippen LogP contribution in [0.4, 0.5) is 0 Å². The molecule has 1 aromatic rings. The van der Waals surface area contributed by atoms with Gasteiger partial charge in [0.05, 0.1) is 29.7 Å². The van der Waals surface area contributed by atoms with E-state index in [1.54, 1.807) is 0 Å². The van der Waals surface area contributed by atoms with Crippen LogP contribution in [0.2, 0.25) is 0 Å². The number of aliphatic hydroxyl groups excluding tert-OH is 1. The number of aromatic nitrogens is 2. The fraction of sp³-hybridized carbons (Fsp3) is 0.800. The molecule has 2 atom stereocenters. The van der Waals surface area contributed by atoms with E-state index < -0.39 is 0 Å². The van der Waals surface area contributed by atoms with E-state index in [0.29, 0.717) is 5.92 Å². The minimum Gasteiger partial charge on any atom is -0.393 e. The van der Waals surface area contributed by atoms with E-state index >= 15 is 0 Å². The first-order valence-electron chi connectivity index (χ1n) is 5.29. The average molecular weight is 212 g/mol. The summed E-state index contributed by atoms with van der Waals surface area (Å²) in [7, 11) is 0. The number of rotatable bonds is 2. The lowest BCUT2D eigenvalue weighted by atomic mass is 9.94. The van der Waals surface area contributed by atoms with Gasteiger partial charge in [-0.05, 0) is 31.6 Å². The number of aliphatic hydroxyl groups is 1. The Morgan fingerprint density at radius 2 is 2.29 bits per heavy atom. The van der Waals surface area contributed by atoms with E-state index in [1.165, 1.54) is 31.0 Å². The molecule has 1 fully saturated rings. The molecule has 1 saturated carbocycles. The molecule has 0 spiro atoms. The highest BCUT2D eigenvalue weighted by atomic mass is 32.1. The van der Waals surface area contributed by atoms with Gasteiger partial charge < -0.3 is 5.11 Å². The van der Waals surface area contributed by atoms with Crippen LogP contribution in [-0.4, -0.2) is 20.0 Å². The van der Waals surface area contributed by atoms with Crippen LogP contribution in [0, 0.1) is 5.92 Å². The largest absolute Gasteiger partial charge is 0.393 e. The lowest BCUT2D eigenvalue weighted by Crippen LogP contribution is -2.12. The standard InChI is InChI=1S/C10H16N2OS/c13-10-4-2-1-3-8(6-10)5-9-7-11-14-12-9/h7-8,10,13H,1-6H2. The number of hydrogen-bond donors (Lipinski definition) is 1. The summed E-state index contributed by atoms with van der Waals surface area (Å²) in [5.41, 5.74) is 1.09. The molecular formula is C10H16N2OS. The van der Waals surface area contributed by atoms with Crippen molar-refractivity contribution in [3.05, 3.63) is 11.9 Å². The molecule has 1 aliphatic rings. The van der Waals surface area contributed by atoms with E-state index in [4.69, 9.17) is 0 Å². The van der Waals surface area contributed by atoms with Crippen molar-refractivity contribution in [1.82, 2.24) is 8.75 Å². The average Bonchev–Trinajstić information content (AvgIpc) is 2.56. The molecule has 3 nitrogen and oxygen atoms in total. The Morgan fingerprint density at radius 3 is 3.07 bits per heavy atom. The zero-order chi connectivity index (χ0) is 9.80. The summed E-state index contributed by atoms with van der Waals surface area (Å²) >= 11 is 1.27. The molecular weight excluding hydrogens is 196 g/mol. The molecule has 0 bridgehead atoms. The fourth-order valence-corrected chi connectivity index (χ4v) is 2.63. The molecule has 2 unspecified atom stereocenters. The molecule has 0 amide bonds. The Hall–Kier alpha value is -0.480. The Labute approximate surface area is 88.5 Å². The molecule has 14 heavy (non-hydrogen) atoms. The minimum absolute atomic E-state index is 0.0888. The summed E-state index contributed by atoms with van der Waals surface area (Å²) in [6, 6.07) is 0. The van der Waals surface area contributed by atoms with Crippen molar-refractivity contribution in [2.24, 2.45) is 5.92 Å². The van der Waals surface area contributed by atoms with Gasteiger partial charge in [-0.2, -0.15) is 8.75 Å². The second kappa shape index (κ2) is 4.84. The Morgan fingerprint density at radius 1 is 1.43 bits per heavy atom. The molecule has 0 radical (unpaired) electrons. The predicted octanol–water partition coefficient (Wildman–Crippen LogP) is 2.02. The van der Waals surface area contributed by atoms with Gasteiger partial charge >= 0.3 is 0 Å². The molecule has 1 heterocycles. The van der Waals surface area contributed by atoms with Crippen molar-refractivity contribution >= 4 is 11.7 Å². The second-order valence-corrected chi connectivity index (χ2v) is 4.70. The second-order valence-electron chi connectivity index (χ2n) is 4.14. The van der Waals surface area contributed by atoms with Gasteiger partial charge in [0.1, 0.15) is 0 Å². The molecule has 1 N–H and O–H groups in total. The third kappa shape index (κ3) is 2.75. The summed E-state index contributed by atoms with van der Waals surface area (Å²) < 4.78 is 8.21. The zero-order valence-corrected chi connectivity index (χ0v) is 9.04. The molecule has 0 aliphatic heterocycles. The third-order valence-electron chi connectivity index (χ3n) is 2.91. The topological polar surface area (TPSA) is 46.0 Å². The van der Waals surface area contributed by atoms with Crippen LogP contribution in [0.5, 0.6) is 0 Å². The molecule has 4 heteroatoms. The van der Waals surface area contributed by atoms with Gasteiger partial charge in [-0.25, -0.2) is 0 Å². The van der Waals surface area contributed by atoms with Crippen LogP contribution in [0.25, 0.3) is 0 Å². The van der Waals surface area contributed by atoms with Crippen molar-refractivity contribution in [2.75, 3.05) is 0 Å². The summed E-state index contributed by atoms with van der Waals surface area (Å²) in [6.07, 6.45) is 8.33. The Balaban J connectivity index is 1.90. The quantitative estimate of drug-likeness (QED) is 0.763. The molecule has 0 aromatic carbocycles. The van der Waals surface area contributed by atoms with Crippen LogP contribution in [0.3, 0.4) is 0 Å². The lowest BCUT2D eigenvalue weighted by Gasteiger charge is -2.14. The van der Waals surface area contributed by atoms with Gasteiger partial charge in [-0.3, -0.25) is 0 Å². The zero-order valence-electron chi connectivity index (χ0n) is 8.22. The molecule has 2 rings (SSSR count). The van der Waals surface area contributed by atoms with Crippen molar-refractivity contribution in [3.8, 4) is 0 Å². The van der Waals surface area contributed by atoms with Crippen molar-refractivity contribution < 1.29 is 5.11 Å². The van der Waals surface area contributed by atoms with E-state index in [-0.39, 0.29) is 6.10 Å². The van der Waals surface area contributed by atoms with Crippen molar-refractivity contribution in [3.63, 3.8) is 0 Å². The molecule has 78 valence electrons. The van der Waals surface area contributed by atoms with Gasteiger partial charge in [0.15, 0.2) is 0 Å². The first-order valence-corrected chi connectivity index (χ1v) is 6.02. The monoisotopic (exact) mass is 212 g/mol. The summed E-state index contributed by atoms with van der Waals surface area (Å²) in [6.45, 7) is 0. The summed E-state index contributed by atoms with van der Waals surface area (Å²) in [4.78, 5) is 0. The summed E-state index contributed by atoms with van der Waals surface area (Å²) in [5, 5.41) is 9.65. The van der Waals surface area contributed by atoms with Crippen LogP contribution < -0.4 is 0 Å². The maximum atomic E-state index is 9.65. The van der Waals surface area contributed by atoms with Crippen LogP contribution in [0.15, 0.2) is 6.20 Å². The normalized spacial score (nSPS) is 28.6. The predicted molar refractivity (Wildman–Crippen MR) is 56.2 cm³/mol. The highest BCUT2D eigenvalue weighted by Gasteiger charge is 2.19. The van der Waals surface area contributed by atoms with Crippen LogP contribution in [-0.2, 0) is 6.42 Å². The van der Waals surface area contributed by atoms with E-state index in [1.807, 2.05) is 6.20 Å². The van der Waals surface area contributed by atoms with E-state index in [2.05, 4.69) is 8.75 Å². The van der Waals surface area contributed by atoms with E-state index in [9.17, 15) is 5.11 Å². The molecule has 1 aliphatic carbocycles. The van der Waals surface area contributed by atoms with Crippen molar-refractivity contribution in [1.29, 1.82) is 0 Å². The minimum atomic E-state index is -0.0888. The van der Waals surface area contributed by atoms with E-state index in [0.717, 1.165) is 25.0 Å². The maximum absolute atomic E-state index is 9.65. The Kier molecular flexibility index (Phi) is 3.48. The number of nitrogens with zero attached hydrogens (tertiary/aromatic N) is 2. The third-order valence-corrected chi connectivity index (χ3v) is 3.43. The van der Waals surface area contributed by atoms with Crippen LogP contribution >= 0.6 is 11.7 Å².